The number of nitrogens with one attached hydrogen (secondary N) is 1. The lowest BCUT2D eigenvalue weighted by atomic mass is 10.1. The number of hydrogen-bond acceptors (Lipinski definition) is 5. The van der Waals surface area contributed by atoms with Gasteiger partial charge in [0.1, 0.15) is 0 Å². The zero-order valence-electron chi connectivity index (χ0n) is 11.6. The van der Waals surface area contributed by atoms with E-state index in [1.165, 1.54) is 32.1 Å². The molecule has 1 aliphatic heterocycles. The first-order chi connectivity index (χ1) is 9.70. The molecule has 1 N–H and O–H groups in total. The second-order valence-electron chi connectivity index (χ2n) is 4.88. The minimum atomic E-state index is -0.403. The van der Waals surface area contributed by atoms with E-state index in [9.17, 15) is 10.1 Å². The standard InChI is InChI=1S/C14H20N2O3S/c1-19-14-6-5-11(8-13(14)16(17)18)9-15-10-12-4-2-3-7-20-12/h5-6,8,12,15H,2-4,7,9-10H2,1H3. The largest absolute Gasteiger partial charge is 0.490 e. The molecule has 110 valence electrons. The van der Waals surface area contributed by atoms with Crippen molar-refractivity contribution in [1.82, 2.24) is 5.32 Å². The van der Waals surface area contributed by atoms with Gasteiger partial charge in [0.25, 0.3) is 0 Å². The van der Waals surface area contributed by atoms with Gasteiger partial charge in [0.2, 0.25) is 0 Å². The molecule has 0 amide bonds. The van der Waals surface area contributed by atoms with Crippen molar-refractivity contribution in [2.75, 3.05) is 19.4 Å². The number of nitro groups is 1. The van der Waals surface area contributed by atoms with Crippen molar-refractivity contribution >= 4 is 17.4 Å². The van der Waals surface area contributed by atoms with Crippen LogP contribution in [0.5, 0.6) is 5.75 Å². The van der Waals surface area contributed by atoms with Crippen molar-refractivity contribution in [3.8, 4) is 5.75 Å². The first-order valence-corrected chi connectivity index (χ1v) is 7.89. The Bertz CT molecular complexity index is 462. The Morgan fingerprint density at radius 2 is 2.35 bits per heavy atom. The highest BCUT2D eigenvalue weighted by atomic mass is 32.2. The summed E-state index contributed by atoms with van der Waals surface area (Å²) in [5.41, 5.74) is 0.942. The zero-order valence-corrected chi connectivity index (χ0v) is 12.4. The molecule has 1 aromatic rings. The predicted octanol–water partition coefficient (Wildman–Crippen LogP) is 2.98. The first kappa shape index (κ1) is 15.1. The Balaban J connectivity index is 1.89. The van der Waals surface area contributed by atoms with E-state index in [1.807, 2.05) is 17.8 Å². The number of nitro benzene ring substituents is 1. The molecule has 0 aromatic heterocycles. The fraction of sp³-hybridized carbons (Fsp3) is 0.571. The Morgan fingerprint density at radius 3 is 3.00 bits per heavy atom. The summed E-state index contributed by atoms with van der Waals surface area (Å²) in [7, 11) is 1.44. The molecule has 0 radical (unpaired) electrons. The maximum absolute atomic E-state index is 11.0. The fourth-order valence-corrected chi connectivity index (χ4v) is 3.61. The number of ether oxygens (including phenoxy) is 1. The highest BCUT2D eigenvalue weighted by molar-refractivity contribution is 7.99. The second-order valence-corrected chi connectivity index (χ2v) is 6.29. The molecule has 5 nitrogen and oxygen atoms in total. The van der Waals surface area contributed by atoms with Gasteiger partial charge in [-0.3, -0.25) is 10.1 Å². The van der Waals surface area contributed by atoms with Crippen LogP contribution in [-0.4, -0.2) is 29.6 Å². The van der Waals surface area contributed by atoms with Crippen LogP contribution in [0.4, 0.5) is 5.69 Å². The van der Waals surface area contributed by atoms with Crippen LogP contribution in [0.15, 0.2) is 18.2 Å². The zero-order chi connectivity index (χ0) is 14.4. The Kier molecular flexibility index (Phi) is 5.67. The van der Waals surface area contributed by atoms with Crippen LogP contribution in [0.2, 0.25) is 0 Å². The normalized spacial score (nSPS) is 18.8. The summed E-state index contributed by atoms with van der Waals surface area (Å²) in [5, 5.41) is 15.0. The van der Waals surface area contributed by atoms with Crippen LogP contribution >= 0.6 is 11.8 Å². The molecule has 1 aromatic carbocycles. The van der Waals surface area contributed by atoms with E-state index in [1.54, 1.807) is 12.1 Å². The molecule has 1 atom stereocenters. The van der Waals surface area contributed by atoms with E-state index in [0.717, 1.165) is 12.1 Å². The van der Waals surface area contributed by atoms with Gasteiger partial charge in [-0.15, -0.1) is 0 Å². The number of thioether (sulfide) groups is 1. The van der Waals surface area contributed by atoms with Gasteiger partial charge in [0, 0.05) is 24.4 Å². The van der Waals surface area contributed by atoms with Gasteiger partial charge < -0.3 is 10.1 Å². The van der Waals surface area contributed by atoms with Crippen LogP contribution in [0, 0.1) is 10.1 Å². The minimum absolute atomic E-state index is 0.0267. The summed E-state index contributed by atoms with van der Waals surface area (Å²) in [6.07, 6.45) is 3.90. The molecule has 1 unspecified atom stereocenters. The van der Waals surface area contributed by atoms with E-state index >= 15 is 0 Å². The van der Waals surface area contributed by atoms with Crippen LogP contribution in [-0.2, 0) is 6.54 Å². The monoisotopic (exact) mass is 296 g/mol. The molecule has 1 saturated heterocycles. The molecule has 2 rings (SSSR count). The average Bonchev–Trinajstić information content (AvgIpc) is 2.48. The molecule has 0 spiro atoms. The number of methoxy groups -OCH3 is 1. The molecule has 0 aliphatic carbocycles. The third-order valence-electron chi connectivity index (χ3n) is 3.42. The molecule has 0 bridgehead atoms. The number of benzene rings is 1. The van der Waals surface area contributed by atoms with Crippen LogP contribution in [0.3, 0.4) is 0 Å². The van der Waals surface area contributed by atoms with Gasteiger partial charge >= 0.3 is 5.69 Å². The molecule has 1 heterocycles. The molecular weight excluding hydrogens is 276 g/mol. The lowest BCUT2D eigenvalue weighted by molar-refractivity contribution is -0.385. The fourth-order valence-electron chi connectivity index (χ4n) is 2.33. The summed E-state index contributed by atoms with van der Waals surface area (Å²) in [4.78, 5) is 10.6. The van der Waals surface area contributed by atoms with Crippen molar-refractivity contribution in [3.05, 3.63) is 33.9 Å². The third-order valence-corrected chi connectivity index (χ3v) is 4.81. The van der Waals surface area contributed by atoms with Gasteiger partial charge in [-0.2, -0.15) is 11.8 Å². The number of nitrogens with zero attached hydrogens (tertiary/aromatic N) is 1. The third kappa shape index (κ3) is 4.11. The number of hydrogen-bond donors (Lipinski definition) is 1. The molecule has 1 fully saturated rings. The van der Waals surface area contributed by atoms with E-state index in [0.29, 0.717) is 17.5 Å². The minimum Gasteiger partial charge on any atom is -0.490 e. The van der Waals surface area contributed by atoms with Crippen molar-refractivity contribution in [2.45, 2.75) is 31.1 Å². The summed E-state index contributed by atoms with van der Waals surface area (Å²) in [6, 6.07) is 5.11. The van der Waals surface area contributed by atoms with Crippen LogP contribution in [0.25, 0.3) is 0 Å². The van der Waals surface area contributed by atoms with Crippen LogP contribution < -0.4 is 10.1 Å². The Labute approximate surface area is 123 Å². The van der Waals surface area contributed by atoms with E-state index in [2.05, 4.69) is 5.32 Å². The summed E-state index contributed by atoms with van der Waals surface area (Å²) >= 11 is 2.02. The summed E-state index contributed by atoms with van der Waals surface area (Å²) in [5.74, 6) is 1.56. The molecule has 6 heteroatoms. The second kappa shape index (κ2) is 7.50. The van der Waals surface area contributed by atoms with Crippen molar-refractivity contribution in [1.29, 1.82) is 0 Å². The van der Waals surface area contributed by atoms with Crippen molar-refractivity contribution < 1.29 is 9.66 Å². The average molecular weight is 296 g/mol. The van der Waals surface area contributed by atoms with E-state index < -0.39 is 4.92 Å². The van der Waals surface area contributed by atoms with Gasteiger partial charge in [-0.25, -0.2) is 0 Å². The van der Waals surface area contributed by atoms with Gasteiger partial charge in [0.05, 0.1) is 12.0 Å². The van der Waals surface area contributed by atoms with Crippen LogP contribution in [0.1, 0.15) is 24.8 Å². The highest BCUT2D eigenvalue weighted by Gasteiger charge is 2.16. The topological polar surface area (TPSA) is 64.4 Å². The smallest absolute Gasteiger partial charge is 0.311 e. The van der Waals surface area contributed by atoms with Crippen molar-refractivity contribution in [2.24, 2.45) is 0 Å². The summed E-state index contributed by atoms with van der Waals surface area (Å²) in [6.45, 7) is 1.62. The maximum atomic E-state index is 11.0. The van der Waals surface area contributed by atoms with E-state index in [-0.39, 0.29) is 5.69 Å². The summed E-state index contributed by atoms with van der Waals surface area (Å²) < 4.78 is 5.00. The van der Waals surface area contributed by atoms with Gasteiger partial charge in [0.15, 0.2) is 5.75 Å². The molecule has 20 heavy (non-hydrogen) atoms. The maximum Gasteiger partial charge on any atom is 0.311 e. The highest BCUT2D eigenvalue weighted by Crippen LogP contribution is 2.28. The van der Waals surface area contributed by atoms with Gasteiger partial charge in [-0.05, 0) is 30.2 Å². The van der Waals surface area contributed by atoms with Gasteiger partial charge in [-0.1, -0.05) is 12.5 Å². The molecular formula is C14H20N2O3S. The lowest BCUT2D eigenvalue weighted by Gasteiger charge is -2.21. The lowest BCUT2D eigenvalue weighted by Crippen LogP contribution is -2.26. The van der Waals surface area contributed by atoms with E-state index in [4.69, 9.17) is 4.74 Å². The number of rotatable bonds is 6. The molecule has 1 aliphatic rings. The Morgan fingerprint density at radius 1 is 1.50 bits per heavy atom. The van der Waals surface area contributed by atoms with Crippen molar-refractivity contribution in [3.63, 3.8) is 0 Å². The predicted molar refractivity (Wildman–Crippen MR) is 81.5 cm³/mol. The first-order valence-electron chi connectivity index (χ1n) is 6.84. The quantitative estimate of drug-likeness (QED) is 0.646. The SMILES string of the molecule is COc1ccc(CNCC2CCCCS2)cc1[N+](=O)[O-]. The Hall–Kier alpha value is -1.27. The molecule has 0 saturated carbocycles.